The van der Waals surface area contributed by atoms with E-state index >= 15 is 13.2 Å². The third-order valence-corrected chi connectivity index (χ3v) is 9.92. The Morgan fingerprint density at radius 3 is 2.55 bits per heavy atom. The van der Waals surface area contributed by atoms with Gasteiger partial charge in [-0.1, -0.05) is 31.4 Å². The number of nitrogens with zero attached hydrogens (tertiary/aromatic N) is 5. The molecule has 232 valence electrons. The van der Waals surface area contributed by atoms with Gasteiger partial charge in [0.2, 0.25) is 0 Å². The first-order valence-electron chi connectivity index (χ1n) is 15.6. The Morgan fingerprint density at radius 2 is 1.84 bits per heavy atom. The quantitative estimate of drug-likeness (QED) is 0.367. The maximum Gasteiger partial charge on any atom is 0.278 e. The summed E-state index contributed by atoms with van der Waals surface area (Å²) in [5.74, 6) is -4.10. The fraction of sp³-hybridized carbons (Fsp3) is 0.500. The molecule has 10 heteroatoms. The van der Waals surface area contributed by atoms with Crippen LogP contribution in [0.15, 0.2) is 54.7 Å². The molecular weight excluding hydrogens is 563 g/mol. The van der Waals surface area contributed by atoms with Crippen molar-refractivity contribution < 1.29 is 13.2 Å². The van der Waals surface area contributed by atoms with Gasteiger partial charge in [-0.25, -0.2) is 23.1 Å². The molecule has 0 spiro atoms. The molecule has 2 N–H and O–H groups in total. The monoisotopic (exact) mass is 603 g/mol. The predicted molar refractivity (Wildman–Crippen MR) is 166 cm³/mol. The smallest absolute Gasteiger partial charge is 0.278 e. The van der Waals surface area contributed by atoms with Gasteiger partial charge < -0.3 is 20.4 Å². The summed E-state index contributed by atoms with van der Waals surface area (Å²) in [4.78, 5) is 13.3. The summed E-state index contributed by atoms with van der Waals surface area (Å²) in [6.45, 7) is 14.8. The molecule has 0 amide bonds. The number of fused-ring (bicyclic) bond motifs is 9. The summed E-state index contributed by atoms with van der Waals surface area (Å²) >= 11 is 0. The number of nitrogens with one attached hydrogen (secondary N) is 2. The molecule has 2 fully saturated rings. The first-order valence-corrected chi connectivity index (χ1v) is 15.6. The Kier molecular flexibility index (Phi) is 7.95. The van der Waals surface area contributed by atoms with E-state index < -0.39 is 34.7 Å². The third-order valence-electron chi connectivity index (χ3n) is 9.92. The zero-order chi connectivity index (χ0) is 31.2. The van der Waals surface area contributed by atoms with Crippen LogP contribution in [0.25, 0.3) is 6.08 Å². The summed E-state index contributed by atoms with van der Waals surface area (Å²) in [6.07, 6.45) is 7.21. The van der Waals surface area contributed by atoms with E-state index in [9.17, 15) is 5.26 Å². The highest BCUT2D eigenvalue weighted by Gasteiger charge is 2.50. The number of hydrogen-bond donors (Lipinski definition) is 2. The SMILES string of the molecule is C=C1CN2C(=C)C(C3(C#N)CC3)=Cc3c(ncnc32)N[C@H](C)c2cccc(c2F)C(F)(F)C2CCN(CC2)C(C)CCCN1. The number of aromatic nitrogens is 2. The molecule has 2 aromatic rings. The van der Waals surface area contributed by atoms with Crippen molar-refractivity contribution in [3.8, 4) is 6.07 Å². The standard InChI is InChI=1S/C34H40F3N7/c1-21-18-44-24(4)29(33(19-38)12-13-33)17-27-31(40-20-41-32(27)44)42-23(3)26-8-5-9-28(30(26)35)34(36,37)25-10-15-43(16-11-25)22(2)7-6-14-39-21/h5,8-9,17,20,22-23,25,39H,1,4,6-7,10-16,18H2,2-3H3,(H,40,41,42)/t22?,23-/m1/s1. The van der Waals surface area contributed by atoms with Crippen LogP contribution in [-0.2, 0) is 5.92 Å². The van der Waals surface area contributed by atoms with Crippen LogP contribution in [0.2, 0.25) is 0 Å². The topological polar surface area (TPSA) is 80.1 Å². The van der Waals surface area contributed by atoms with Gasteiger partial charge in [0.15, 0.2) is 0 Å². The van der Waals surface area contributed by atoms with Gasteiger partial charge in [0.25, 0.3) is 5.92 Å². The largest absolute Gasteiger partial charge is 0.387 e. The fourth-order valence-corrected chi connectivity index (χ4v) is 6.94. The summed E-state index contributed by atoms with van der Waals surface area (Å²) in [5, 5.41) is 16.8. The van der Waals surface area contributed by atoms with Crippen molar-refractivity contribution in [3.05, 3.63) is 77.2 Å². The van der Waals surface area contributed by atoms with Gasteiger partial charge in [0, 0.05) is 35.5 Å². The first kappa shape index (κ1) is 30.2. The highest BCUT2D eigenvalue weighted by atomic mass is 19.3. The van der Waals surface area contributed by atoms with Crippen molar-refractivity contribution in [1.82, 2.24) is 20.2 Å². The second-order valence-corrected chi connectivity index (χ2v) is 12.8. The van der Waals surface area contributed by atoms with Gasteiger partial charge >= 0.3 is 0 Å². The maximum atomic E-state index is 16.0. The Hall–Kier alpha value is -3.84. The number of anilines is 2. The molecule has 44 heavy (non-hydrogen) atoms. The van der Waals surface area contributed by atoms with E-state index in [1.54, 1.807) is 13.0 Å². The third kappa shape index (κ3) is 5.36. The average molecular weight is 604 g/mol. The van der Waals surface area contributed by atoms with E-state index in [4.69, 9.17) is 0 Å². The number of nitriles is 1. The molecule has 7 nitrogen and oxygen atoms in total. The van der Waals surface area contributed by atoms with E-state index in [0.717, 1.165) is 43.5 Å². The van der Waals surface area contributed by atoms with Crippen LogP contribution in [0.4, 0.5) is 24.8 Å². The highest BCUT2D eigenvalue weighted by Crippen LogP contribution is 2.56. The van der Waals surface area contributed by atoms with Crippen molar-refractivity contribution in [2.75, 3.05) is 36.4 Å². The van der Waals surface area contributed by atoms with Crippen molar-refractivity contribution in [2.45, 2.75) is 70.4 Å². The molecule has 7 rings (SSSR count). The maximum absolute atomic E-state index is 16.0. The lowest BCUT2D eigenvalue weighted by Gasteiger charge is -2.39. The molecule has 2 atom stereocenters. The number of rotatable bonds is 1. The Morgan fingerprint density at radius 1 is 1.09 bits per heavy atom. The number of halogens is 3. The van der Waals surface area contributed by atoms with Crippen LogP contribution < -0.4 is 15.5 Å². The fourth-order valence-electron chi connectivity index (χ4n) is 6.94. The van der Waals surface area contributed by atoms with Crippen molar-refractivity contribution >= 4 is 17.7 Å². The van der Waals surface area contributed by atoms with Crippen LogP contribution >= 0.6 is 0 Å². The zero-order valence-electron chi connectivity index (χ0n) is 25.5. The first-order chi connectivity index (χ1) is 21.1. The van der Waals surface area contributed by atoms with Gasteiger partial charge in [0.1, 0.15) is 23.8 Å². The second-order valence-electron chi connectivity index (χ2n) is 12.8. The molecule has 5 heterocycles. The van der Waals surface area contributed by atoms with Gasteiger partial charge in [-0.15, -0.1) is 0 Å². The number of allylic oxidation sites excluding steroid dienone is 1. The van der Waals surface area contributed by atoms with Crippen LogP contribution in [0.3, 0.4) is 0 Å². The minimum Gasteiger partial charge on any atom is -0.387 e. The van der Waals surface area contributed by atoms with Crippen LogP contribution in [0.1, 0.15) is 75.1 Å². The molecule has 1 saturated carbocycles. The van der Waals surface area contributed by atoms with Gasteiger partial charge in [-0.2, -0.15) is 5.26 Å². The molecule has 1 aromatic carbocycles. The van der Waals surface area contributed by atoms with E-state index in [0.29, 0.717) is 55.4 Å². The summed E-state index contributed by atoms with van der Waals surface area (Å²) in [7, 11) is 0. The minimum absolute atomic E-state index is 0.140. The van der Waals surface area contributed by atoms with Crippen LogP contribution in [-0.4, -0.2) is 47.1 Å². The predicted octanol–water partition coefficient (Wildman–Crippen LogP) is 6.90. The second kappa shape index (κ2) is 11.6. The summed E-state index contributed by atoms with van der Waals surface area (Å²) in [6, 6.07) is 6.31. The molecule has 1 aromatic heterocycles. The molecule has 1 aliphatic carbocycles. The summed E-state index contributed by atoms with van der Waals surface area (Å²) < 4.78 is 47.9. The number of hydrogen-bond acceptors (Lipinski definition) is 7. The number of benzene rings is 1. The van der Waals surface area contributed by atoms with Gasteiger partial charge in [0.05, 0.1) is 35.2 Å². The van der Waals surface area contributed by atoms with E-state index in [1.807, 2.05) is 11.0 Å². The normalized spacial score (nSPS) is 28.1. The molecular formula is C34H40F3N7. The van der Waals surface area contributed by atoms with Crippen LogP contribution in [0.5, 0.6) is 0 Å². The lowest BCUT2D eigenvalue weighted by atomic mass is 9.84. The number of piperidine rings is 1. The van der Waals surface area contributed by atoms with Crippen molar-refractivity contribution in [3.63, 3.8) is 0 Å². The van der Waals surface area contributed by atoms with Crippen molar-refractivity contribution in [2.24, 2.45) is 11.3 Å². The molecule has 4 aliphatic heterocycles. The van der Waals surface area contributed by atoms with Gasteiger partial charge in [-0.05, 0) is 77.1 Å². The lowest BCUT2D eigenvalue weighted by molar-refractivity contribution is -0.0907. The van der Waals surface area contributed by atoms with E-state index in [1.165, 1.54) is 18.5 Å². The summed E-state index contributed by atoms with van der Waals surface area (Å²) in [5.41, 5.74) is 1.88. The molecule has 0 radical (unpaired) electrons. The molecule has 8 bridgehead atoms. The molecule has 1 saturated heterocycles. The van der Waals surface area contributed by atoms with Crippen LogP contribution in [0, 0.1) is 28.5 Å². The number of alkyl halides is 2. The van der Waals surface area contributed by atoms with Gasteiger partial charge in [-0.3, -0.25) is 0 Å². The molecule has 1 unspecified atom stereocenters. The Labute approximate surface area is 257 Å². The Balaban J connectivity index is 1.41. The Bertz CT molecular complexity index is 1530. The van der Waals surface area contributed by atoms with E-state index in [-0.39, 0.29) is 11.6 Å². The van der Waals surface area contributed by atoms with Crippen molar-refractivity contribution in [1.29, 1.82) is 5.26 Å². The minimum atomic E-state index is -3.29. The highest BCUT2D eigenvalue weighted by molar-refractivity contribution is 5.84. The average Bonchev–Trinajstić information content (AvgIpc) is 3.81. The lowest BCUT2D eigenvalue weighted by Crippen LogP contribution is -2.44. The van der Waals surface area contributed by atoms with E-state index in [2.05, 4.69) is 51.7 Å². The zero-order valence-corrected chi connectivity index (χ0v) is 25.5. The molecule has 5 aliphatic rings.